The second-order valence-electron chi connectivity index (χ2n) is 7.86. The van der Waals surface area contributed by atoms with Crippen molar-refractivity contribution in [3.8, 4) is 0 Å². The van der Waals surface area contributed by atoms with E-state index >= 15 is 0 Å². The average Bonchev–Trinajstić information content (AvgIpc) is 3.44. The number of hydrogen-bond donors (Lipinski definition) is 2. The summed E-state index contributed by atoms with van der Waals surface area (Å²) in [6.45, 7) is 7.06. The summed E-state index contributed by atoms with van der Waals surface area (Å²) in [7, 11) is 1.99. The number of alkyl halides is 5. The van der Waals surface area contributed by atoms with Gasteiger partial charge in [0.05, 0.1) is 19.1 Å². The Morgan fingerprint density at radius 3 is 2.13 bits per heavy atom. The zero-order chi connectivity index (χ0) is 29.5. The molecule has 0 radical (unpaired) electrons. The number of carbonyl (C=O) groups is 2. The van der Waals surface area contributed by atoms with Gasteiger partial charge >= 0.3 is 0 Å². The van der Waals surface area contributed by atoms with Gasteiger partial charge in [0.25, 0.3) is 12.3 Å². The van der Waals surface area contributed by atoms with Crippen LogP contribution >= 0.6 is 0 Å². The number of fused-ring (bicyclic) bond motifs is 1. The Labute approximate surface area is 218 Å². The molecule has 3 heterocycles. The van der Waals surface area contributed by atoms with Crippen molar-refractivity contribution in [2.24, 2.45) is 7.05 Å². The maximum absolute atomic E-state index is 12.9. The van der Waals surface area contributed by atoms with Crippen molar-refractivity contribution in [1.82, 2.24) is 24.4 Å². The van der Waals surface area contributed by atoms with Gasteiger partial charge in [-0.1, -0.05) is 20.3 Å². The van der Waals surface area contributed by atoms with Crippen LogP contribution in [0.25, 0.3) is 5.65 Å². The van der Waals surface area contributed by atoms with Gasteiger partial charge in [0.2, 0.25) is 5.92 Å². The minimum absolute atomic E-state index is 0.0641. The van der Waals surface area contributed by atoms with Crippen LogP contribution in [0.1, 0.15) is 82.3 Å². The van der Waals surface area contributed by atoms with E-state index < -0.39 is 23.9 Å². The summed E-state index contributed by atoms with van der Waals surface area (Å²) in [5.74, 6) is -2.56. The van der Waals surface area contributed by atoms with Crippen molar-refractivity contribution in [3.63, 3.8) is 0 Å². The smallest absolute Gasteiger partial charge is 0.284 e. The lowest BCUT2D eigenvalue weighted by Crippen LogP contribution is -2.18. The van der Waals surface area contributed by atoms with Gasteiger partial charge < -0.3 is 15.8 Å². The van der Waals surface area contributed by atoms with Gasteiger partial charge in [-0.25, -0.2) is 27.1 Å². The normalized spacial score (nSPS) is 13.4. The number of rotatable bonds is 3. The fraction of sp³-hybridized carbons (Fsp3) is 0.542. The molecule has 9 nitrogen and oxygen atoms in total. The van der Waals surface area contributed by atoms with Crippen LogP contribution in [0.5, 0.6) is 0 Å². The highest BCUT2D eigenvalue weighted by Gasteiger charge is 2.30. The molecule has 214 valence electrons. The Morgan fingerprint density at radius 1 is 1.11 bits per heavy atom. The van der Waals surface area contributed by atoms with Gasteiger partial charge in [-0.15, -0.1) is 0 Å². The molecule has 4 rings (SSSR count). The Morgan fingerprint density at radius 2 is 1.66 bits per heavy atom. The van der Waals surface area contributed by atoms with Crippen molar-refractivity contribution in [1.29, 1.82) is 0 Å². The van der Waals surface area contributed by atoms with Crippen LogP contribution in [0.3, 0.4) is 0 Å². The van der Waals surface area contributed by atoms with Gasteiger partial charge in [-0.05, 0) is 32.8 Å². The van der Waals surface area contributed by atoms with E-state index in [2.05, 4.69) is 20.5 Å². The molecular formula is C24H36F5N7O2. The molecule has 38 heavy (non-hydrogen) atoms. The summed E-state index contributed by atoms with van der Waals surface area (Å²) in [6, 6.07) is 1.53. The Bertz CT molecular complexity index is 1120. The molecule has 1 aliphatic rings. The number of nitrogens with two attached hydrogens (primary N) is 1. The van der Waals surface area contributed by atoms with Crippen LogP contribution in [0.15, 0.2) is 24.7 Å². The number of Topliss-reactive ketones (excluding diaryl/α,β-unsaturated/α-hetero) is 1. The lowest BCUT2D eigenvalue weighted by atomic mass is 9.97. The summed E-state index contributed by atoms with van der Waals surface area (Å²) in [5, 5.41) is 9.96. The number of nitrogens with zero attached hydrogens (tertiary/aromatic N) is 5. The fourth-order valence-corrected chi connectivity index (χ4v) is 3.06. The summed E-state index contributed by atoms with van der Waals surface area (Å²) in [4.78, 5) is 25.7. The van der Waals surface area contributed by atoms with Crippen LogP contribution in [0.2, 0.25) is 0 Å². The van der Waals surface area contributed by atoms with Crippen molar-refractivity contribution in [2.75, 3.05) is 18.2 Å². The zero-order valence-corrected chi connectivity index (χ0v) is 22.4. The molecular weight excluding hydrogens is 513 g/mol. The number of halogens is 5. The molecule has 0 aliphatic heterocycles. The number of ketones is 1. The number of amides is 1. The first-order valence-electron chi connectivity index (χ1n) is 11.9. The molecule has 0 bridgehead atoms. The number of nitrogens with one attached hydrogen (secondary N) is 1. The molecule has 1 amide bonds. The molecule has 3 N–H and O–H groups in total. The summed E-state index contributed by atoms with van der Waals surface area (Å²) in [5.41, 5.74) is 5.37. The third-order valence-corrected chi connectivity index (χ3v) is 4.53. The molecule has 1 saturated carbocycles. The Kier molecular flexibility index (Phi) is 15.4. The van der Waals surface area contributed by atoms with Gasteiger partial charge in [0.1, 0.15) is 17.2 Å². The number of carbonyl (C=O) groups excluding carboxylic acids is 2. The minimum Gasteiger partial charge on any atom is -0.384 e. The van der Waals surface area contributed by atoms with Crippen molar-refractivity contribution >= 4 is 28.8 Å². The van der Waals surface area contributed by atoms with Crippen LogP contribution in [-0.4, -0.2) is 49.2 Å². The van der Waals surface area contributed by atoms with E-state index in [4.69, 9.17) is 5.73 Å². The fourth-order valence-electron chi connectivity index (χ4n) is 3.06. The third-order valence-electron chi connectivity index (χ3n) is 4.53. The van der Waals surface area contributed by atoms with E-state index in [0.29, 0.717) is 20.0 Å². The topological polar surface area (TPSA) is 120 Å². The van der Waals surface area contributed by atoms with E-state index in [9.17, 15) is 31.5 Å². The lowest BCUT2D eigenvalue weighted by molar-refractivity contribution is -0.115. The lowest BCUT2D eigenvalue weighted by Gasteiger charge is -2.20. The molecule has 3 aromatic heterocycles. The number of hydrogen-bond acceptors (Lipinski definition) is 6. The number of aryl methyl sites for hydroxylation is 1. The summed E-state index contributed by atoms with van der Waals surface area (Å²) in [6.07, 6.45) is 4.00. The summed E-state index contributed by atoms with van der Waals surface area (Å²) >= 11 is 0. The van der Waals surface area contributed by atoms with E-state index in [-0.39, 0.29) is 41.3 Å². The van der Waals surface area contributed by atoms with Crippen LogP contribution in [0, 0.1) is 0 Å². The van der Waals surface area contributed by atoms with Crippen LogP contribution in [-0.2, 0) is 11.8 Å². The van der Waals surface area contributed by atoms with Gasteiger partial charge in [-0.3, -0.25) is 13.9 Å². The maximum atomic E-state index is 12.9. The molecule has 1 fully saturated rings. The minimum atomic E-state index is -2.80. The highest BCUT2D eigenvalue weighted by Crippen LogP contribution is 2.32. The van der Waals surface area contributed by atoms with Crippen molar-refractivity contribution in [2.45, 2.75) is 72.1 Å². The zero-order valence-electron chi connectivity index (χ0n) is 22.4. The highest BCUT2D eigenvalue weighted by atomic mass is 19.3. The first-order valence-corrected chi connectivity index (χ1v) is 11.9. The highest BCUT2D eigenvalue weighted by molar-refractivity contribution is 6.08. The molecule has 1 aliphatic carbocycles. The second kappa shape index (κ2) is 17.0. The quantitative estimate of drug-likeness (QED) is 0.385. The molecule has 0 unspecified atom stereocenters. The maximum Gasteiger partial charge on any atom is 0.284 e. The van der Waals surface area contributed by atoms with Crippen molar-refractivity contribution in [3.05, 3.63) is 35.9 Å². The van der Waals surface area contributed by atoms with Crippen LogP contribution < -0.4 is 11.1 Å². The predicted octanol–water partition coefficient (Wildman–Crippen LogP) is 6.03. The molecule has 0 spiro atoms. The van der Waals surface area contributed by atoms with Crippen LogP contribution in [0.4, 0.5) is 33.5 Å². The van der Waals surface area contributed by atoms with Gasteiger partial charge in [0.15, 0.2) is 11.3 Å². The largest absolute Gasteiger partial charge is 0.384 e. The average molecular weight is 550 g/mol. The predicted molar refractivity (Wildman–Crippen MR) is 136 cm³/mol. The molecule has 3 aromatic rings. The Balaban J connectivity index is 0.000000707. The van der Waals surface area contributed by atoms with E-state index in [0.717, 1.165) is 6.42 Å². The first-order chi connectivity index (χ1) is 17.9. The number of nitrogen functional groups attached to an aromatic ring is 1. The van der Waals surface area contributed by atoms with Gasteiger partial charge in [0, 0.05) is 32.3 Å². The standard InChI is InChI=1S/C12H11F2N7O.C6H10F2.C3H6O.C2H6.CH3F/c1-20-5-7(9(19-20)10(13)14)17-12(22)6-4-16-21-3-2-8(15)18-11(6)21;7-6(8)4-2-1-3-5-6;1-3(2)4;2*1-2/h2-5,10H,1H3,(H2,15,18)(H,17,22);1-5H2;1-2H3;1-2H3;1H3. The second-order valence-corrected chi connectivity index (χ2v) is 7.86. The van der Waals surface area contributed by atoms with E-state index in [1.54, 1.807) is 6.20 Å². The first kappa shape index (κ1) is 34.4. The molecule has 14 heteroatoms. The van der Waals surface area contributed by atoms with Crippen molar-refractivity contribution < 1.29 is 31.5 Å². The SMILES string of the molecule is CC.CC(C)=O.CF.Cn1cc(NC(=O)c2cnn3ccc(N)nc23)c(C(F)F)n1.FC1(F)CCCCC1. The molecule has 0 aromatic carbocycles. The number of anilines is 2. The molecule has 0 atom stereocenters. The van der Waals surface area contributed by atoms with E-state index in [1.165, 1.54) is 48.6 Å². The monoisotopic (exact) mass is 549 g/mol. The molecule has 0 saturated heterocycles. The van der Waals surface area contributed by atoms with E-state index in [1.807, 2.05) is 13.8 Å². The summed E-state index contributed by atoms with van der Waals surface area (Å²) < 4.78 is 62.2. The third kappa shape index (κ3) is 11.6. The number of aromatic nitrogens is 5. The van der Waals surface area contributed by atoms with Gasteiger partial charge in [-0.2, -0.15) is 10.2 Å². The Hall–Kier alpha value is -3.58.